The van der Waals surface area contributed by atoms with Crippen LogP contribution < -0.4 is 5.32 Å². The molecule has 2 unspecified atom stereocenters. The smallest absolute Gasteiger partial charge is 0.130 e. The molecule has 0 spiro atoms. The lowest BCUT2D eigenvalue weighted by Crippen LogP contribution is -2.49. The van der Waals surface area contributed by atoms with Crippen molar-refractivity contribution in [2.24, 2.45) is 5.92 Å². The summed E-state index contributed by atoms with van der Waals surface area (Å²) in [6.07, 6.45) is 0.750. The Hall–Kier alpha value is -0.450. The van der Waals surface area contributed by atoms with Gasteiger partial charge in [-0.1, -0.05) is 35.8 Å². The summed E-state index contributed by atoms with van der Waals surface area (Å²) in [6.45, 7) is 7.94. The summed E-state index contributed by atoms with van der Waals surface area (Å²) in [4.78, 5) is 0. The average Bonchev–Trinajstić information content (AvgIpc) is 2.26. The SMILES string of the molecule is CC(C)CC1(C)CNCC(c2ccc(Br)cc2F)O1. The predicted molar refractivity (Wildman–Crippen MR) is 78.7 cm³/mol. The van der Waals surface area contributed by atoms with Gasteiger partial charge in [0.15, 0.2) is 0 Å². The van der Waals surface area contributed by atoms with E-state index < -0.39 is 0 Å². The van der Waals surface area contributed by atoms with Crippen LogP contribution in [0, 0.1) is 11.7 Å². The van der Waals surface area contributed by atoms with Crippen molar-refractivity contribution in [2.75, 3.05) is 13.1 Å². The number of hydrogen-bond acceptors (Lipinski definition) is 2. The number of rotatable bonds is 3. The largest absolute Gasteiger partial charge is 0.365 e. The van der Waals surface area contributed by atoms with Gasteiger partial charge in [-0.15, -0.1) is 0 Å². The Kier molecular flexibility index (Phi) is 4.64. The Balaban J connectivity index is 2.17. The quantitative estimate of drug-likeness (QED) is 0.903. The highest BCUT2D eigenvalue weighted by atomic mass is 79.9. The van der Waals surface area contributed by atoms with Crippen molar-refractivity contribution in [2.45, 2.75) is 38.9 Å². The first kappa shape index (κ1) is 14.9. The molecule has 1 aromatic carbocycles. The van der Waals surface area contributed by atoms with Crippen molar-refractivity contribution < 1.29 is 9.13 Å². The minimum Gasteiger partial charge on any atom is -0.365 e. The van der Waals surface area contributed by atoms with Gasteiger partial charge in [-0.3, -0.25) is 0 Å². The molecule has 0 amide bonds. The number of nitrogens with one attached hydrogen (secondary N) is 1. The molecule has 0 saturated carbocycles. The lowest BCUT2D eigenvalue weighted by atomic mass is 9.91. The molecule has 0 radical (unpaired) electrons. The van der Waals surface area contributed by atoms with Crippen molar-refractivity contribution >= 4 is 15.9 Å². The Morgan fingerprint density at radius 2 is 2.26 bits per heavy atom. The van der Waals surface area contributed by atoms with Crippen LogP contribution in [0.25, 0.3) is 0 Å². The molecule has 0 aliphatic carbocycles. The lowest BCUT2D eigenvalue weighted by molar-refractivity contribution is -0.118. The Morgan fingerprint density at radius 3 is 2.89 bits per heavy atom. The third kappa shape index (κ3) is 3.77. The number of benzene rings is 1. The molecule has 1 heterocycles. The third-order valence-electron chi connectivity index (χ3n) is 3.40. The molecule has 1 saturated heterocycles. The van der Waals surface area contributed by atoms with Crippen LogP contribution in [0.4, 0.5) is 4.39 Å². The van der Waals surface area contributed by atoms with Crippen molar-refractivity contribution in [3.8, 4) is 0 Å². The summed E-state index contributed by atoms with van der Waals surface area (Å²) < 4.78 is 20.9. The fourth-order valence-electron chi connectivity index (χ4n) is 2.81. The maximum absolute atomic E-state index is 14.0. The van der Waals surface area contributed by atoms with Crippen molar-refractivity contribution in [1.82, 2.24) is 5.32 Å². The van der Waals surface area contributed by atoms with E-state index in [1.807, 2.05) is 6.07 Å². The minimum atomic E-state index is -0.226. The maximum Gasteiger partial charge on any atom is 0.130 e. The molecule has 106 valence electrons. The molecule has 1 aliphatic rings. The van der Waals surface area contributed by atoms with Crippen LogP contribution in [0.5, 0.6) is 0 Å². The predicted octanol–water partition coefficient (Wildman–Crippen LogP) is 4.05. The summed E-state index contributed by atoms with van der Waals surface area (Å²) in [7, 11) is 0. The van der Waals surface area contributed by atoms with Crippen LogP contribution in [-0.2, 0) is 4.74 Å². The van der Waals surface area contributed by atoms with E-state index in [0.717, 1.165) is 17.4 Å². The molecule has 4 heteroatoms. The van der Waals surface area contributed by atoms with E-state index >= 15 is 0 Å². The van der Waals surface area contributed by atoms with Gasteiger partial charge in [-0.05, 0) is 31.4 Å². The summed E-state index contributed by atoms with van der Waals surface area (Å²) in [6, 6.07) is 5.15. The molecule has 1 aromatic rings. The second-order valence-corrected chi connectivity index (χ2v) is 6.87. The van der Waals surface area contributed by atoms with E-state index in [0.29, 0.717) is 18.0 Å². The van der Waals surface area contributed by atoms with Crippen molar-refractivity contribution in [1.29, 1.82) is 0 Å². The number of ether oxygens (including phenoxy) is 1. The van der Waals surface area contributed by atoms with Crippen LogP contribution in [0.1, 0.15) is 38.9 Å². The van der Waals surface area contributed by atoms with Gasteiger partial charge in [0, 0.05) is 23.1 Å². The Bertz CT molecular complexity index is 452. The lowest BCUT2D eigenvalue weighted by Gasteiger charge is -2.40. The van der Waals surface area contributed by atoms with Gasteiger partial charge in [0.1, 0.15) is 5.82 Å². The van der Waals surface area contributed by atoms with E-state index in [1.165, 1.54) is 6.07 Å². The standard InChI is InChI=1S/C15H21BrFNO/c1-10(2)7-15(3)9-18-8-14(19-15)12-5-4-11(16)6-13(12)17/h4-6,10,14,18H,7-9H2,1-3H3. The van der Waals surface area contributed by atoms with Gasteiger partial charge in [0.2, 0.25) is 0 Å². The van der Waals surface area contributed by atoms with Crippen LogP contribution in [-0.4, -0.2) is 18.7 Å². The monoisotopic (exact) mass is 329 g/mol. The molecule has 1 N–H and O–H groups in total. The van der Waals surface area contributed by atoms with Crippen LogP contribution in [0.2, 0.25) is 0 Å². The zero-order chi connectivity index (χ0) is 14.0. The van der Waals surface area contributed by atoms with E-state index in [9.17, 15) is 4.39 Å². The molecule has 0 aromatic heterocycles. The second-order valence-electron chi connectivity index (χ2n) is 5.95. The van der Waals surface area contributed by atoms with Gasteiger partial charge in [0.05, 0.1) is 11.7 Å². The fraction of sp³-hybridized carbons (Fsp3) is 0.600. The first-order valence-electron chi connectivity index (χ1n) is 6.73. The van der Waals surface area contributed by atoms with Gasteiger partial charge in [-0.25, -0.2) is 4.39 Å². The number of morpholine rings is 1. The van der Waals surface area contributed by atoms with Crippen molar-refractivity contribution in [3.05, 3.63) is 34.1 Å². The summed E-state index contributed by atoms with van der Waals surface area (Å²) in [5.41, 5.74) is 0.404. The highest BCUT2D eigenvalue weighted by Crippen LogP contribution is 2.33. The van der Waals surface area contributed by atoms with Crippen LogP contribution in [0.3, 0.4) is 0 Å². The maximum atomic E-state index is 14.0. The van der Waals surface area contributed by atoms with Gasteiger partial charge >= 0.3 is 0 Å². The summed E-state index contributed by atoms with van der Waals surface area (Å²) in [5, 5.41) is 3.37. The van der Waals surface area contributed by atoms with Gasteiger partial charge < -0.3 is 10.1 Å². The zero-order valence-corrected chi connectivity index (χ0v) is 13.3. The van der Waals surface area contributed by atoms with E-state index in [2.05, 4.69) is 42.0 Å². The topological polar surface area (TPSA) is 21.3 Å². The first-order valence-corrected chi connectivity index (χ1v) is 7.52. The summed E-state index contributed by atoms with van der Waals surface area (Å²) in [5.74, 6) is 0.343. The fourth-order valence-corrected chi connectivity index (χ4v) is 3.15. The molecular weight excluding hydrogens is 309 g/mol. The Morgan fingerprint density at radius 1 is 1.53 bits per heavy atom. The second kappa shape index (κ2) is 5.90. The molecule has 1 fully saturated rings. The molecular formula is C15H21BrFNO. The van der Waals surface area contributed by atoms with E-state index in [4.69, 9.17) is 4.74 Å². The molecule has 2 rings (SSSR count). The molecule has 2 nitrogen and oxygen atoms in total. The van der Waals surface area contributed by atoms with Gasteiger partial charge in [0.25, 0.3) is 0 Å². The number of halogens is 2. The first-order chi connectivity index (χ1) is 8.89. The van der Waals surface area contributed by atoms with Gasteiger partial charge in [-0.2, -0.15) is 0 Å². The van der Waals surface area contributed by atoms with E-state index in [1.54, 1.807) is 6.07 Å². The van der Waals surface area contributed by atoms with Crippen LogP contribution >= 0.6 is 15.9 Å². The molecule has 19 heavy (non-hydrogen) atoms. The van der Waals surface area contributed by atoms with Crippen LogP contribution in [0.15, 0.2) is 22.7 Å². The number of hydrogen-bond donors (Lipinski definition) is 1. The van der Waals surface area contributed by atoms with Crippen molar-refractivity contribution in [3.63, 3.8) is 0 Å². The average molecular weight is 330 g/mol. The highest BCUT2D eigenvalue weighted by molar-refractivity contribution is 9.10. The minimum absolute atomic E-state index is 0.213. The normalized spacial score (nSPS) is 27.8. The molecule has 0 bridgehead atoms. The van der Waals surface area contributed by atoms with E-state index in [-0.39, 0.29) is 17.5 Å². The summed E-state index contributed by atoms with van der Waals surface area (Å²) >= 11 is 3.28. The zero-order valence-electron chi connectivity index (χ0n) is 11.7. The Labute approximate surface area is 122 Å². The third-order valence-corrected chi connectivity index (χ3v) is 3.90. The molecule has 1 aliphatic heterocycles. The molecule has 2 atom stereocenters. The highest BCUT2D eigenvalue weighted by Gasteiger charge is 2.34.